The molecule has 0 aliphatic carbocycles. The molecule has 0 bridgehead atoms. The number of carbonyl (C=O) groups is 1. The standard InChI is InChI=1S/C30H37BrN6O/c1-19(2)18-37-14-12-21(13-15-37)20-8-10-23(11-9-20)34-29-33-17-24(31)27(36-29)32-16-22-6-5-7-25-26(22)30(3,4)28(38)35-25/h5-11,17,19,21H,12-16,18H2,1-4H3,(H,35,38)(H2,32,33,34,36). The number of nitrogens with one attached hydrogen (secondary N) is 3. The van der Waals surface area contributed by atoms with E-state index in [1.54, 1.807) is 6.20 Å². The van der Waals surface area contributed by atoms with Crippen LogP contribution in [-0.2, 0) is 16.8 Å². The van der Waals surface area contributed by atoms with Crippen LogP contribution in [0.4, 0.5) is 23.1 Å². The number of rotatable bonds is 8. The van der Waals surface area contributed by atoms with E-state index in [-0.39, 0.29) is 5.91 Å². The summed E-state index contributed by atoms with van der Waals surface area (Å²) >= 11 is 3.57. The maximum Gasteiger partial charge on any atom is 0.234 e. The molecule has 3 heterocycles. The van der Waals surface area contributed by atoms with Crippen LogP contribution in [0.25, 0.3) is 0 Å². The third kappa shape index (κ3) is 5.71. The molecule has 1 fully saturated rings. The summed E-state index contributed by atoms with van der Waals surface area (Å²) < 4.78 is 0.781. The fourth-order valence-corrected chi connectivity index (χ4v) is 5.98. The minimum Gasteiger partial charge on any atom is -0.365 e. The number of likely N-dealkylation sites (tertiary alicyclic amines) is 1. The van der Waals surface area contributed by atoms with E-state index in [1.165, 1.54) is 38.0 Å². The molecule has 0 spiro atoms. The van der Waals surface area contributed by atoms with E-state index < -0.39 is 5.41 Å². The van der Waals surface area contributed by atoms with E-state index in [0.29, 0.717) is 24.2 Å². The van der Waals surface area contributed by atoms with Gasteiger partial charge in [-0.25, -0.2) is 4.98 Å². The Kier molecular flexibility index (Phi) is 7.73. The third-order valence-electron chi connectivity index (χ3n) is 7.63. The van der Waals surface area contributed by atoms with Gasteiger partial charge in [0.25, 0.3) is 0 Å². The Morgan fingerprint density at radius 2 is 1.87 bits per heavy atom. The normalized spacial score (nSPS) is 17.4. The average molecular weight is 578 g/mol. The molecule has 0 atom stereocenters. The third-order valence-corrected chi connectivity index (χ3v) is 8.21. The summed E-state index contributed by atoms with van der Waals surface area (Å²) in [7, 11) is 0. The van der Waals surface area contributed by atoms with Gasteiger partial charge in [0, 0.05) is 30.7 Å². The van der Waals surface area contributed by atoms with Crippen LogP contribution in [0.3, 0.4) is 0 Å². The Morgan fingerprint density at radius 1 is 1.13 bits per heavy atom. The topological polar surface area (TPSA) is 82.2 Å². The molecule has 8 heteroatoms. The summed E-state index contributed by atoms with van der Waals surface area (Å²) in [5, 5.41) is 9.76. The average Bonchev–Trinajstić information content (AvgIpc) is 3.13. The summed E-state index contributed by atoms with van der Waals surface area (Å²) in [4.78, 5) is 24.2. The summed E-state index contributed by atoms with van der Waals surface area (Å²) in [5.74, 6) is 2.60. The van der Waals surface area contributed by atoms with Gasteiger partial charge in [0.2, 0.25) is 11.9 Å². The van der Waals surface area contributed by atoms with Crippen molar-refractivity contribution in [3.63, 3.8) is 0 Å². The monoisotopic (exact) mass is 576 g/mol. The molecule has 5 rings (SSSR count). The van der Waals surface area contributed by atoms with Crippen molar-refractivity contribution in [2.24, 2.45) is 5.92 Å². The van der Waals surface area contributed by atoms with Gasteiger partial charge in [0.05, 0.1) is 9.89 Å². The predicted octanol–water partition coefficient (Wildman–Crippen LogP) is 6.66. The maximum absolute atomic E-state index is 12.4. The Hall–Kier alpha value is -2.97. The molecule has 38 heavy (non-hydrogen) atoms. The Labute approximate surface area is 234 Å². The number of aromatic nitrogens is 2. The molecule has 0 saturated carbocycles. The number of hydrogen-bond acceptors (Lipinski definition) is 6. The summed E-state index contributed by atoms with van der Waals surface area (Å²) in [5.41, 5.74) is 4.79. The van der Waals surface area contributed by atoms with Crippen LogP contribution in [0.1, 0.15) is 63.1 Å². The number of halogens is 1. The minimum atomic E-state index is -0.569. The van der Waals surface area contributed by atoms with Crippen LogP contribution in [0.5, 0.6) is 0 Å². The number of nitrogens with zero attached hydrogens (tertiary/aromatic N) is 3. The Balaban J connectivity index is 1.22. The molecule has 3 aromatic rings. The highest BCUT2D eigenvalue weighted by Gasteiger charge is 2.39. The lowest BCUT2D eigenvalue weighted by Gasteiger charge is -2.33. The number of hydrogen-bond donors (Lipinski definition) is 3. The number of piperidine rings is 1. The van der Waals surface area contributed by atoms with Crippen molar-refractivity contribution in [2.45, 2.75) is 58.4 Å². The zero-order chi connectivity index (χ0) is 26.9. The van der Waals surface area contributed by atoms with Gasteiger partial charge in [-0.3, -0.25) is 4.79 Å². The van der Waals surface area contributed by atoms with Crippen LogP contribution in [0.15, 0.2) is 53.1 Å². The lowest BCUT2D eigenvalue weighted by atomic mass is 9.83. The van der Waals surface area contributed by atoms with E-state index >= 15 is 0 Å². The number of anilines is 4. The Bertz CT molecular complexity index is 1300. The van der Waals surface area contributed by atoms with Gasteiger partial charge in [0.15, 0.2) is 0 Å². The van der Waals surface area contributed by atoms with Gasteiger partial charge in [0.1, 0.15) is 5.82 Å². The molecule has 200 valence electrons. The molecule has 3 N–H and O–H groups in total. The minimum absolute atomic E-state index is 0.0252. The molecule has 1 aromatic heterocycles. The first-order valence-electron chi connectivity index (χ1n) is 13.5. The largest absolute Gasteiger partial charge is 0.365 e. The van der Waals surface area contributed by atoms with Gasteiger partial charge in [-0.05, 0) is 102 Å². The molecule has 2 aliphatic rings. The van der Waals surface area contributed by atoms with E-state index in [0.717, 1.165) is 32.9 Å². The number of carbonyl (C=O) groups excluding carboxylic acids is 1. The first-order valence-corrected chi connectivity index (χ1v) is 14.3. The van der Waals surface area contributed by atoms with Gasteiger partial charge >= 0.3 is 0 Å². The summed E-state index contributed by atoms with van der Waals surface area (Å²) in [6, 6.07) is 14.7. The second kappa shape index (κ2) is 11.0. The lowest BCUT2D eigenvalue weighted by Crippen LogP contribution is -2.35. The highest BCUT2D eigenvalue weighted by molar-refractivity contribution is 9.10. The fraction of sp³-hybridized carbons (Fsp3) is 0.433. The van der Waals surface area contributed by atoms with E-state index in [1.807, 2.05) is 26.0 Å². The molecule has 0 radical (unpaired) electrons. The number of amides is 1. The zero-order valence-electron chi connectivity index (χ0n) is 22.6. The molecule has 2 aliphatic heterocycles. The van der Waals surface area contributed by atoms with Gasteiger partial charge in [-0.15, -0.1) is 0 Å². The zero-order valence-corrected chi connectivity index (χ0v) is 24.2. The van der Waals surface area contributed by atoms with Crippen LogP contribution in [0, 0.1) is 5.92 Å². The molecule has 0 unspecified atom stereocenters. The number of fused-ring (bicyclic) bond motifs is 1. The highest BCUT2D eigenvalue weighted by atomic mass is 79.9. The SMILES string of the molecule is CC(C)CN1CCC(c2ccc(Nc3ncc(Br)c(NCc4cccc5c4C(C)(C)C(=O)N5)n3)cc2)CC1. The van der Waals surface area contributed by atoms with E-state index in [2.05, 4.69) is 85.9 Å². The second-order valence-electron chi connectivity index (χ2n) is 11.4. The lowest BCUT2D eigenvalue weighted by molar-refractivity contribution is -0.119. The van der Waals surface area contributed by atoms with Crippen molar-refractivity contribution in [1.82, 2.24) is 14.9 Å². The molecule has 7 nitrogen and oxygen atoms in total. The first-order chi connectivity index (χ1) is 18.2. The van der Waals surface area contributed by atoms with Crippen molar-refractivity contribution in [2.75, 3.05) is 35.6 Å². The van der Waals surface area contributed by atoms with E-state index in [4.69, 9.17) is 4.98 Å². The fourth-order valence-electron chi connectivity index (χ4n) is 5.65. The van der Waals surface area contributed by atoms with Crippen LogP contribution < -0.4 is 16.0 Å². The highest BCUT2D eigenvalue weighted by Crippen LogP contribution is 2.40. The van der Waals surface area contributed by atoms with E-state index in [9.17, 15) is 4.79 Å². The Morgan fingerprint density at radius 3 is 2.58 bits per heavy atom. The van der Waals surface area contributed by atoms with Crippen LogP contribution in [-0.4, -0.2) is 40.4 Å². The summed E-state index contributed by atoms with van der Waals surface area (Å²) in [6.07, 6.45) is 4.19. The van der Waals surface area contributed by atoms with Crippen molar-refractivity contribution in [1.29, 1.82) is 0 Å². The van der Waals surface area contributed by atoms with Crippen molar-refractivity contribution in [3.05, 3.63) is 69.8 Å². The molecular formula is C30H37BrN6O. The summed E-state index contributed by atoms with van der Waals surface area (Å²) in [6.45, 7) is 12.6. The van der Waals surface area contributed by atoms with Crippen LogP contribution >= 0.6 is 15.9 Å². The van der Waals surface area contributed by atoms with Crippen molar-refractivity contribution in [3.8, 4) is 0 Å². The van der Waals surface area contributed by atoms with Gasteiger partial charge in [-0.2, -0.15) is 4.98 Å². The molecule has 1 saturated heterocycles. The van der Waals surface area contributed by atoms with Crippen molar-refractivity contribution < 1.29 is 4.79 Å². The smallest absolute Gasteiger partial charge is 0.234 e. The van der Waals surface area contributed by atoms with Crippen molar-refractivity contribution >= 4 is 45.0 Å². The van der Waals surface area contributed by atoms with Gasteiger partial charge in [-0.1, -0.05) is 38.1 Å². The quantitative estimate of drug-likeness (QED) is 0.278. The molecule has 2 aromatic carbocycles. The molecular weight excluding hydrogens is 540 g/mol. The number of benzene rings is 2. The maximum atomic E-state index is 12.4. The molecule has 1 amide bonds. The first kappa shape index (κ1) is 26.6. The predicted molar refractivity (Wildman–Crippen MR) is 158 cm³/mol. The van der Waals surface area contributed by atoms with Crippen LogP contribution in [0.2, 0.25) is 0 Å². The second-order valence-corrected chi connectivity index (χ2v) is 12.2. The van der Waals surface area contributed by atoms with Gasteiger partial charge < -0.3 is 20.9 Å².